The molecule has 220 valence electrons. The summed E-state index contributed by atoms with van der Waals surface area (Å²) in [6.07, 6.45) is -6.65. The van der Waals surface area contributed by atoms with Crippen LogP contribution in [0.15, 0.2) is 99.6 Å². The first-order valence-corrected chi connectivity index (χ1v) is 14.5. The first-order chi connectivity index (χ1) is 18.3. The average Bonchev–Trinajstić information content (AvgIpc) is 2.87. The van der Waals surface area contributed by atoms with Crippen LogP contribution in [-0.4, -0.2) is 31.7 Å². The van der Waals surface area contributed by atoms with Crippen LogP contribution in [0, 0.1) is 5.92 Å². The van der Waals surface area contributed by atoms with Crippen molar-refractivity contribution in [2.75, 3.05) is 0 Å². The van der Waals surface area contributed by atoms with Crippen molar-refractivity contribution >= 4 is 20.4 Å². The summed E-state index contributed by atoms with van der Waals surface area (Å²) in [5.74, 6) is -14.7. The van der Waals surface area contributed by atoms with Crippen LogP contribution < -0.4 is 0 Å². The monoisotopic (exact) mass is 618 g/mol. The van der Waals surface area contributed by atoms with Gasteiger partial charge in [0.1, 0.15) is 0 Å². The summed E-state index contributed by atoms with van der Waals surface area (Å²) < 4.78 is 154. The molecule has 0 aliphatic heterocycles. The smallest absolute Gasteiger partial charge is 0.202 e. The molecule has 0 saturated carbocycles. The van der Waals surface area contributed by atoms with Gasteiger partial charge in [0.25, 0.3) is 0 Å². The Hall–Kier alpha value is -2.71. The molecule has 0 N–H and O–H groups in total. The minimum absolute atomic E-state index is 0.123. The van der Waals surface area contributed by atoms with E-state index in [2.05, 4.69) is 0 Å². The molecule has 14 heteroatoms. The highest BCUT2D eigenvalue weighted by Crippen LogP contribution is 2.71. The van der Waals surface area contributed by atoms with Crippen molar-refractivity contribution in [3.8, 4) is 0 Å². The van der Waals surface area contributed by atoms with Gasteiger partial charge in [-0.1, -0.05) is 62.4 Å². The molecule has 0 radical (unpaired) electrons. The summed E-state index contributed by atoms with van der Waals surface area (Å²) in [7, 11) is -11.2. The summed E-state index contributed by atoms with van der Waals surface area (Å²) in [6, 6.07) is 18.9. The van der Waals surface area contributed by atoms with Crippen molar-refractivity contribution in [1.82, 2.24) is 0 Å². The number of alkyl halides is 9. The fourth-order valence-electron chi connectivity index (χ4n) is 3.73. The third-order valence-corrected chi connectivity index (χ3v) is 10.9. The van der Waals surface area contributed by atoms with Crippen molar-refractivity contribution in [3.63, 3.8) is 0 Å². The van der Waals surface area contributed by atoms with Crippen LogP contribution in [0.3, 0.4) is 0 Å². The molecule has 3 nitrogen and oxygen atoms in total. The van der Waals surface area contributed by atoms with E-state index in [-0.39, 0.29) is 20.6 Å². The van der Waals surface area contributed by atoms with Crippen LogP contribution in [-0.2, 0) is 20.2 Å². The molecular formula is C26H23F9O3S2. The van der Waals surface area contributed by atoms with Crippen molar-refractivity contribution in [2.45, 2.75) is 58.2 Å². The van der Waals surface area contributed by atoms with E-state index >= 15 is 0 Å². The van der Waals surface area contributed by atoms with Gasteiger partial charge >= 0.3 is 33.4 Å². The van der Waals surface area contributed by atoms with E-state index in [0.717, 1.165) is 5.56 Å². The molecule has 0 saturated heterocycles. The standard InChI is InChI=1S/C26H23F9O3S2/c1-18(2)17-19-13-15-22(16-14-19)39(20-9-5-3-6-10-20,21-11-7-4-8-12-21)38-40(36,37)26(34,35)24(29,30)23(27,28)25(31,32)33/h3-16,18H,17H2,1-2H3. The van der Waals surface area contributed by atoms with Crippen LogP contribution in [0.5, 0.6) is 0 Å². The Morgan fingerprint density at radius 3 is 1.40 bits per heavy atom. The first-order valence-electron chi connectivity index (χ1n) is 11.5. The van der Waals surface area contributed by atoms with Crippen molar-refractivity contribution < 1.29 is 51.6 Å². The van der Waals surface area contributed by atoms with E-state index in [9.17, 15) is 47.9 Å². The molecule has 3 aromatic carbocycles. The van der Waals surface area contributed by atoms with Gasteiger partial charge in [0, 0.05) is 14.7 Å². The third-order valence-electron chi connectivity index (χ3n) is 5.67. The zero-order chi connectivity index (χ0) is 30.2. The van der Waals surface area contributed by atoms with Crippen molar-refractivity contribution in [2.24, 2.45) is 5.92 Å². The Kier molecular flexibility index (Phi) is 8.70. The molecule has 3 aromatic rings. The van der Waals surface area contributed by atoms with Gasteiger partial charge in [-0.2, -0.15) is 47.9 Å². The highest BCUT2D eigenvalue weighted by Gasteiger charge is 2.86. The Morgan fingerprint density at radius 2 is 1.02 bits per heavy atom. The van der Waals surface area contributed by atoms with E-state index in [0.29, 0.717) is 6.42 Å². The van der Waals surface area contributed by atoms with Gasteiger partial charge in [0.2, 0.25) is 0 Å². The van der Waals surface area contributed by atoms with Gasteiger partial charge in [-0.05, 0) is 64.6 Å². The minimum atomic E-state index is -7.43. The molecular weight excluding hydrogens is 595 g/mol. The highest BCUT2D eigenvalue weighted by molar-refractivity contribution is 8.33. The quantitative estimate of drug-likeness (QED) is 0.213. The van der Waals surface area contributed by atoms with E-state index in [1.54, 1.807) is 0 Å². The maximum Gasteiger partial charge on any atom is 0.460 e. The molecule has 0 atom stereocenters. The van der Waals surface area contributed by atoms with Crippen molar-refractivity contribution in [3.05, 3.63) is 90.5 Å². The Bertz CT molecular complexity index is 1350. The molecule has 0 heterocycles. The second-order valence-corrected chi connectivity index (χ2v) is 13.6. The van der Waals surface area contributed by atoms with Crippen LogP contribution >= 0.6 is 10.3 Å². The summed E-state index contributed by atoms with van der Waals surface area (Å²) in [5, 5.41) is -7.02. The lowest BCUT2D eigenvalue weighted by molar-refractivity contribution is -0.382. The summed E-state index contributed by atoms with van der Waals surface area (Å²) in [4.78, 5) is -0.395. The van der Waals surface area contributed by atoms with Gasteiger partial charge in [0.05, 0.1) is 0 Å². The topological polar surface area (TPSA) is 43.4 Å². The van der Waals surface area contributed by atoms with E-state index in [4.69, 9.17) is 3.63 Å². The molecule has 0 amide bonds. The predicted molar refractivity (Wildman–Crippen MR) is 131 cm³/mol. The van der Waals surface area contributed by atoms with E-state index in [1.807, 2.05) is 13.8 Å². The zero-order valence-corrected chi connectivity index (χ0v) is 22.4. The maximum atomic E-state index is 14.9. The number of benzene rings is 3. The number of hydrogen-bond acceptors (Lipinski definition) is 3. The van der Waals surface area contributed by atoms with Gasteiger partial charge in [-0.3, -0.25) is 0 Å². The van der Waals surface area contributed by atoms with Gasteiger partial charge in [-0.25, -0.2) is 3.63 Å². The van der Waals surface area contributed by atoms with Crippen LogP contribution in [0.2, 0.25) is 0 Å². The maximum absolute atomic E-state index is 14.9. The van der Waals surface area contributed by atoms with Gasteiger partial charge in [-0.15, -0.1) is 0 Å². The van der Waals surface area contributed by atoms with Gasteiger partial charge < -0.3 is 0 Å². The SMILES string of the molecule is CC(C)Cc1ccc(S(OS(=O)(=O)C(F)(F)C(F)(F)C(F)(F)C(F)(F)F)(c2ccccc2)c2ccccc2)cc1. The number of hydrogen-bond donors (Lipinski definition) is 0. The molecule has 3 rings (SSSR count). The number of rotatable bonds is 10. The van der Waals surface area contributed by atoms with E-state index < -0.39 is 43.7 Å². The Morgan fingerprint density at radius 1 is 0.625 bits per heavy atom. The molecule has 0 unspecified atom stereocenters. The molecule has 0 aliphatic carbocycles. The second kappa shape index (κ2) is 10.9. The predicted octanol–water partition coefficient (Wildman–Crippen LogP) is 8.85. The molecule has 0 spiro atoms. The Labute approximate surface area is 226 Å². The molecule has 40 heavy (non-hydrogen) atoms. The zero-order valence-electron chi connectivity index (χ0n) is 20.8. The highest BCUT2D eigenvalue weighted by atomic mass is 32.3. The lowest BCUT2D eigenvalue weighted by atomic mass is 10.0. The fraction of sp³-hybridized carbons (Fsp3) is 0.308. The molecule has 0 bridgehead atoms. The van der Waals surface area contributed by atoms with Crippen LogP contribution in [0.25, 0.3) is 0 Å². The molecule has 0 aromatic heterocycles. The fourth-order valence-corrected chi connectivity index (χ4v) is 8.95. The normalized spacial score (nSPS) is 14.4. The molecule has 0 aliphatic rings. The number of halogens is 9. The van der Waals surface area contributed by atoms with Gasteiger partial charge in [0.15, 0.2) is 0 Å². The minimum Gasteiger partial charge on any atom is -0.202 e. The van der Waals surface area contributed by atoms with Crippen LogP contribution in [0.1, 0.15) is 19.4 Å². The first kappa shape index (κ1) is 31.8. The summed E-state index contributed by atoms with van der Waals surface area (Å²) in [5.41, 5.74) is 0.734. The largest absolute Gasteiger partial charge is 0.460 e. The third kappa shape index (κ3) is 5.45. The van der Waals surface area contributed by atoms with E-state index in [1.165, 1.54) is 84.9 Å². The lowest BCUT2D eigenvalue weighted by Crippen LogP contribution is -2.63. The second-order valence-electron chi connectivity index (χ2n) is 9.11. The summed E-state index contributed by atoms with van der Waals surface area (Å²) >= 11 is 0. The van der Waals surface area contributed by atoms with Crippen molar-refractivity contribution in [1.29, 1.82) is 0 Å². The molecule has 0 fully saturated rings. The van der Waals surface area contributed by atoms with Crippen LogP contribution in [0.4, 0.5) is 39.5 Å². The summed E-state index contributed by atoms with van der Waals surface area (Å²) in [6.45, 7) is 3.82. The lowest BCUT2D eigenvalue weighted by Gasteiger charge is -2.41. The average molecular weight is 619 g/mol. The Balaban J connectivity index is 2.33.